The lowest BCUT2D eigenvalue weighted by molar-refractivity contribution is -0.145. The minimum absolute atomic E-state index is 0.130. The molecule has 0 heterocycles. The van der Waals surface area contributed by atoms with Crippen molar-refractivity contribution >= 4 is 24.1 Å². The molecular formula is C12H18N2O8. The lowest BCUT2D eigenvalue weighted by atomic mass is 10.5. The second-order valence-corrected chi connectivity index (χ2v) is 3.08. The number of carbonyl (C=O) groups excluding carboxylic acids is 3. The fourth-order valence-electron chi connectivity index (χ4n) is 0.652. The molecule has 0 atom stereocenters. The van der Waals surface area contributed by atoms with Crippen LogP contribution in [0.5, 0.6) is 0 Å². The van der Waals surface area contributed by atoms with E-state index in [4.69, 9.17) is 5.11 Å². The van der Waals surface area contributed by atoms with Gasteiger partial charge in [-0.15, -0.1) is 5.48 Å². The van der Waals surface area contributed by atoms with Crippen molar-refractivity contribution in [2.45, 2.75) is 13.8 Å². The largest absolute Gasteiger partial charge is 0.478 e. The van der Waals surface area contributed by atoms with Gasteiger partial charge >= 0.3 is 24.1 Å². The number of nitrogens with one attached hydrogen (secondary N) is 2. The zero-order valence-corrected chi connectivity index (χ0v) is 12.2. The first kappa shape index (κ1) is 21.3. The molecule has 0 bridgehead atoms. The van der Waals surface area contributed by atoms with Gasteiger partial charge in [0.25, 0.3) is 0 Å². The van der Waals surface area contributed by atoms with Crippen molar-refractivity contribution in [2.75, 3.05) is 13.2 Å². The highest BCUT2D eigenvalue weighted by Crippen LogP contribution is 1.90. The van der Waals surface area contributed by atoms with Gasteiger partial charge in [0.2, 0.25) is 0 Å². The summed E-state index contributed by atoms with van der Waals surface area (Å²) in [4.78, 5) is 46.3. The number of hydroxylamine groups is 1. The maximum atomic E-state index is 11.1. The Balaban J connectivity index is 0. The van der Waals surface area contributed by atoms with Gasteiger partial charge in [-0.25, -0.2) is 19.2 Å². The van der Waals surface area contributed by atoms with Gasteiger partial charge in [-0.05, 0) is 13.8 Å². The highest BCUT2D eigenvalue weighted by atomic mass is 16.7. The number of carboxylic acid groups (broad SMARTS) is 1. The molecule has 0 radical (unpaired) electrons. The fourth-order valence-corrected chi connectivity index (χ4v) is 0.652. The summed E-state index contributed by atoms with van der Waals surface area (Å²) in [6, 6.07) is 0. The van der Waals surface area contributed by atoms with E-state index in [0.717, 1.165) is 6.08 Å². The van der Waals surface area contributed by atoms with Crippen LogP contribution in [0.3, 0.4) is 0 Å². The predicted molar refractivity (Wildman–Crippen MR) is 73.4 cm³/mol. The van der Waals surface area contributed by atoms with Crippen molar-refractivity contribution in [1.29, 1.82) is 0 Å². The summed E-state index contributed by atoms with van der Waals surface area (Å²) in [7, 11) is 0. The lowest BCUT2D eigenvalue weighted by Gasteiger charge is -2.08. The summed E-state index contributed by atoms with van der Waals surface area (Å²) in [5.74, 6) is -2.02. The summed E-state index contributed by atoms with van der Waals surface area (Å²) < 4.78 is 8.92. The van der Waals surface area contributed by atoms with Crippen LogP contribution in [0.1, 0.15) is 13.8 Å². The van der Waals surface area contributed by atoms with Crippen molar-refractivity contribution < 1.29 is 38.6 Å². The van der Waals surface area contributed by atoms with Crippen molar-refractivity contribution in [2.24, 2.45) is 0 Å². The fraction of sp³-hybridized carbons (Fsp3) is 0.333. The zero-order chi connectivity index (χ0) is 17.5. The summed E-state index contributed by atoms with van der Waals surface area (Å²) in [6.07, 6.45) is -0.935. The molecule has 22 heavy (non-hydrogen) atoms. The normalized spacial score (nSPS) is 8.27. The summed E-state index contributed by atoms with van der Waals surface area (Å²) in [6.45, 7) is 9.65. The molecule has 10 nitrogen and oxygen atoms in total. The lowest BCUT2D eigenvalue weighted by Crippen LogP contribution is -2.33. The molecule has 2 amide bonds. The number of carboxylic acids is 1. The Morgan fingerprint density at radius 1 is 1.09 bits per heavy atom. The Labute approximate surface area is 126 Å². The van der Waals surface area contributed by atoms with Crippen molar-refractivity contribution in [1.82, 2.24) is 10.8 Å². The molecule has 0 aliphatic rings. The number of aliphatic carboxylic acids is 1. The van der Waals surface area contributed by atoms with Gasteiger partial charge in [-0.2, -0.15) is 0 Å². The quantitative estimate of drug-likeness (QED) is 0.382. The Hall–Kier alpha value is -3.04. The third-order valence-electron chi connectivity index (χ3n) is 1.45. The maximum absolute atomic E-state index is 11.1. The van der Waals surface area contributed by atoms with Gasteiger partial charge in [0.15, 0.2) is 0 Å². The molecule has 0 fully saturated rings. The van der Waals surface area contributed by atoms with Crippen LogP contribution in [-0.4, -0.2) is 42.4 Å². The average Bonchev–Trinajstić information content (AvgIpc) is 2.45. The highest BCUT2D eigenvalue weighted by molar-refractivity contribution is 5.91. The average molecular weight is 318 g/mol. The minimum atomic E-state index is -1.04. The molecule has 0 aromatic heterocycles. The van der Waals surface area contributed by atoms with Crippen LogP contribution in [0.25, 0.3) is 0 Å². The van der Waals surface area contributed by atoms with Gasteiger partial charge in [0.05, 0.1) is 13.2 Å². The molecule has 0 unspecified atom stereocenters. The number of carbonyl (C=O) groups is 4. The third-order valence-corrected chi connectivity index (χ3v) is 1.45. The van der Waals surface area contributed by atoms with Gasteiger partial charge in [-0.3, -0.25) is 5.32 Å². The molecule has 0 aromatic rings. The Morgan fingerprint density at radius 3 is 1.95 bits per heavy atom. The maximum Gasteiger partial charge on any atom is 0.440 e. The predicted octanol–water partition coefficient (Wildman–Crippen LogP) is 0.707. The Bertz CT molecular complexity index is 433. The molecule has 0 saturated carbocycles. The first-order chi connectivity index (χ1) is 10.3. The Morgan fingerprint density at radius 2 is 1.55 bits per heavy atom. The first-order valence-corrected chi connectivity index (χ1v) is 5.90. The van der Waals surface area contributed by atoms with E-state index in [1.54, 1.807) is 19.3 Å². The molecule has 0 rings (SSSR count). The molecule has 0 aliphatic carbocycles. The highest BCUT2D eigenvalue weighted by Gasteiger charge is 2.14. The van der Waals surface area contributed by atoms with Crippen molar-refractivity contribution in [3.63, 3.8) is 0 Å². The number of ether oxygens (including phenoxy) is 2. The van der Waals surface area contributed by atoms with Gasteiger partial charge in [-0.1, -0.05) is 13.2 Å². The smallest absolute Gasteiger partial charge is 0.440 e. The summed E-state index contributed by atoms with van der Waals surface area (Å²) in [5.41, 5.74) is 1.33. The number of hydrogen-bond acceptors (Lipinski definition) is 7. The van der Waals surface area contributed by atoms with Crippen LogP contribution < -0.4 is 10.8 Å². The number of rotatable bonds is 5. The molecule has 0 aromatic carbocycles. The molecule has 0 saturated heterocycles. The van der Waals surface area contributed by atoms with E-state index in [9.17, 15) is 19.2 Å². The molecule has 10 heteroatoms. The van der Waals surface area contributed by atoms with E-state index in [-0.39, 0.29) is 18.9 Å². The summed E-state index contributed by atoms with van der Waals surface area (Å²) in [5, 5.41) is 9.62. The van der Waals surface area contributed by atoms with Gasteiger partial charge in [0.1, 0.15) is 5.70 Å². The monoisotopic (exact) mass is 318 g/mol. The number of amides is 2. The van der Waals surface area contributed by atoms with Crippen molar-refractivity contribution in [3.05, 3.63) is 24.9 Å². The van der Waals surface area contributed by atoms with Crippen molar-refractivity contribution in [3.8, 4) is 0 Å². The van der Waals surface area contributed by atoms with E-state index in [0.29, 0.717) is 0 Å². The number of hydrogen-bond donors (Lipinski definition) is 3. The van der Waals surface area contributed by atoms with Crippen LogP contribution in [0, 0.1) is 0 Å². The van der Waals surface area contributed by atoms with E-state index in [1.165, 1.54) is 0 Å². The van der Waals surface area contributed by atoms with E-state index >= 15 is 0 Å². The SMILES string of the molecule is C=C(NC(=O)OCC)C(=O)ONC(=O)OCC.C=CC(=O)O. The first-order valence-electron chi connectivity index (χ1n) is 5.90. The van der Waals surface area contributed by atoms with Gasteiger partial charge in [0, 0.05) is 6.08 Å². The van der Waals surface area contributed by atoms with E-state index < -0.39 is 24.1 Å². The van der Waals surface area contributed by atoms with E-state index in [1.807, 2.05) is 5.32 Å². The van der Waals surface area contributed by atoms with E-state index in [2.05, 4.69) is 27.5 Å². The van der Waals surface area contributed by atoms with Crippen LogP contribution in [-0.2, 0) is 23.9 Å². The standard InChI is InChI=1S/C9H14N2O6.C3H4O2/c1-4-15-8(13)10-6(3)7(12)17-11-9(14)16-5-2;1-2-3(4)5/h3-5H2,1-2H3,(H,10,13)(H,11,14);2H,1H2,(H,4,5). The third kappa shape index (κ3) is 13.4. The zero-order valence-electron chi connectivity index (χ0n) is 12.2. The number of alkyl carbamates (subject to hydrolysis) is 1. The van der Waals surface area contributed by atoms with Crippen LogP contribution >= 0.6 is 0 Å². The molecule has 0 spiro atoms. The molecule has 124 valence electrons. The van der Waals surface area contributed by atoms with Crippen LogP contribution in [0.4, 0.5) is 9.59 Å². The van der Waals surface area contributed by atoms with Crippen LogP contribution in [0.2, 0.25) is 0 Å². The second kappa shape index (κ2) is 13.0. The topological polar surface area (TPSA) is 140 Å². The molecule has 3 N–H and O–H groups in total. The molecule has 0 aliphatic heterocycles. The second-order valence-electron chi connectivity index (χ2n) is 3.08. The molecular weight excluding hydrogens is 300 g/mol. The Kier molecular flexibility index (Phi) is 12.5. The summed E-state index contributed by atoms with van der Waals surface area (Å²) >= 11 is 0. The van der Waals surface area contributed by atoms with Crippen LogP contribution in [0.15, 0.2) is 24.9 Å². The minimum Gasteiger partial charge on any atom is -0.478 e. The van der Waals surface area contributed by atoms with Gasteiger partial charge < -0.3 is 19.4 Å².